The number of amides is 1. The van der Waals surface area contributed by atoms with Crippen LogP contribution in [-0.2, 0) is 19.3 Å². The maximum atomic E-state index is 12.5. The molecule has 1 fully saturated rings. The normalized spacial score (nSPS) is 22.4. The maximum absolute atomic E-state index is 12.5. The standard InChI is InChI=1S/C12H14BrNO3S/c1-18(16,11-4-2-3-10(13)7-11)14-12(15)9-5-6-17-8-9/h2-4,7,9H,5-6,8H2,1H3. The second kappa shape index (κ2) is 5.50. The largest absolute Gasteiger partial charge is 0.381 e. The molecule has 1 saturated heterocycles. The topological polar surface area (TPSA) is 55.7 Å². The molecule has 0 radical (unpaired) electrons. The van der Waals surface area contributed by atoms with Crippen molar-refractivity contribution in [2.45, 2.75) is 11.3 Å². The van der Waals surface area contributed by atoms with Gasteiger partial charge in [-0.1, -0.05) is 22.0 Å². The Morgan fingerprint density at radius 1 is 1.56 bits per heavy atom. The van der Waals surface area contributed by atoms with E-state index in [0.717, 1.165) is 4.47 Å². The van der Waals surface area contributed by atoms with Crippen molar-refractivity contribution >= 4 is 31.6 Å². The first-order valence-corrected chi connectivity index (χ1v) is 8.30. The van der Waals surface area contributed by atoms with Crippen LogP contribution in [0, 0.1) is 5.92 Å². The molecule has 1 amide bonds. The number of rotatable bonds is 2. The van der Waals surface area contributed by atoms with Crippen molar-refractivity contribution in [1.82, 2.24) is 0 Å². The van der Waals surface area contributed by atoms with Gasteiger partial charge < -0.3 is 4.74 Å². The summed E-state index contributed by atoms with van der Waals surface area (Å²) in [6.07, 6.45) is 2.15. The number of ether oxygens (including phenoxy) is 1. The first-order chi connectivity index (χ1) is 8.49. The number of hydrogen-bond acceptors (Lipinski definition) is 3. The second-order valence-corrected chi connectivity index (χ2v) is 7.42. The molecule has 0 N–H and O–H groups in total. The van der Waals surface area contributed by atoms with E-state index in [9.17, 15) is 9.00 Å². The van der Waals surface area contributed by atoms with Gasteiger partial charge in [-0.05, 0) is 24.6 Å². The Hall–Kier alpha value is -0.720. The number of benzene rings is 1. The van der Waals surface area contributed by atoms with Crippen LogP contribution in [0.3, 0.4) is 0 Å². The van der Waals surface area contributed by atoms with E-state index in [1.165, 1.54) is 6.26 Å². The van der Waals surface area contributed by atoms with Crippen LogP contribution in [-0.4, -0.2) is 29.6 Å². The number of nitrogens with zero attached hydrogens (tertiary/aromatic N) is 1. The first kappa shape index (κ1) is 13.7. The Balaban J connectivity index is 2.29. The van der Waals surface area contributed by atoms with Crippen molar-refractivity contribution in [2.24, 2.45) is 10.3 Å². The van der Waals surface area contributed by atoms with Gasteiger partial charge >= 0.3 is 0 Å². The Kier molecular flexibility index (Phi) is 4.19. The van der Waals surface area contributed by atoms with E-state index < -0.39 is 9.73 Å². The number of carbonyl (C=O) groups excluding carboxylic acids is 1. The highest BCUT2D eigenvalue weighted by atomic mass is 79.9. The van der Waals surface area contributed by atoms with Crippen LogP contribution in [0.1, 0.15) is 6.42 Å². The highest BCUT2D eigenvalue weighted by Gasteiger charge is 2.24. The van der Waals surface area contributed by atoms with Gasteiger partial charge in [0.25, 0.3) is 5.91 Å². The summed E-state index contributed by atoms with van der Waals surface area (Å²) in [6, 6.07) is 7.06. The minimum Gasteiger partial charge on any atom is -0.381 e. The summed E-state index contributed by atoms with van der Waals surface area (Å²) >= 11 is 3.31. The lowest BCUT2D eigenvalue weighted by Gasteiger charge is -2.06. The van der Waals surface area contributed by atoms with Crippen LogP contribution in [0.5, 0.6) is 0 Å². The molecule has 98 valence electrons. The zero-order chi connectivity index (χ0) is 13.2. The lowest BCUT2D eigenvalue weighted by molar-refractivity contribution is -0.121. The highest BCUT2D eigenvalue weighted by molar-refractivity contribution is 9.10. The molecule has 6 heteroatoms. The van der Waals surface area contributed by atoms with Crippen molar-refractivity contribution in [3.63, 3.8) is 0 Å². The van der Waals surface area contributed by atoms with E-state index in [1.807, 2.05) is 6.07 Å². The lowest BCUT2D eigenvalue weighted by Crippen LogP contribution is -2.14. The number of hydrogen-bond donors (Lipinski definition) is 0. The average molecular weight is 332 g/mol. The van der Waals surface area contributed by atoms with E-state index in [0.29, 0.717) is 24.5 Å². The summed E-state index contributed by atoms with van der Waals surface area (Å²) in [5.41, 5.74) is 0. The summed E-state index contributed by atoms with van der Waals surface area (Å²) in [5.74, 6) is -0.557. The predicted octanol–water partition coefficient (Wildman–Crippen LogP) is 2.47. The summed E-state index contributed by atoms with van der Waals surface area (Å²) < 4.78 is 22.3. The third-order valence-corrected chi connectivity index (χ3v) is 4.93. The van der Waals surface area contributed by atoms with Crippen LogP contribution < -0.4 is 0 Å². The monoisotopic (exact) mass is 331 g/mol. The van der Waals surface area contributed by atoms with Crippen molar-refractivity contribution in [3.05, 3.63) is 28.7 Å². The molecule has 1 heterocycles. The fourth-order valence-corrected chi connectivity index (χ4v) is 3.56. The predicted molar refractivity (Wildman–Crippen MR) is 72.8 cm³/mol. The summed E-state index contributed by atoms with van der Waals surface area (Å²) in [6.45, 7) is 0.962. The summed E-state index contributed by atoms with van der Waals surface area (Å²) in [5, 5.41) is 0. The summed E-state index contributed by atoms with van der Waals surface area (Å²) in [4.78, 5) is 12.4. The Labute approximate surface area is 115 Å². The molecular weight excluding hydrogens is 318 g/mol. The molecule has 0 aromatic heterocycles. The van der Waals surface area contributed by atoms with E-state index in [2.05, 4.69) is 20.3 Å². The van der Waals surface area contributed by atoms with E-state index in [1.54, 1.807) is 18.2 Å². The van der Waals surface area contributed by atoms with Crippen molar-refractivity contribution in [2.75, 3.05) is 19.5 Å². The molecule has 1 aliphatic heterocycles. The van der Waals surface area contributed by atoms with Crippen LogP contribution >= 0.6 is 15.9 Å². The van der Waals surface area contributed by atoms with Crippen LogP contribution in [0.15, 0.2) is 38.0 Å². The van der Waals surface area contributed by atoms with Crippen LogP contribution in [0.25, 0.3) is 0 Å². The minimum absolute atomic E-state index is 0.238. The van der Waals surface area contributed by atoms with Crippen molar-refractivity contribution in [1.29, 1.82) is 0 Å². The second-order valence-electron chi connectivity index (χ2n) is 4.25. The van der Waals surface area contributed by atoms with Crippen LogP contribution in [0.4, 0.5) is 0 Å². The number of carbonyl (C=O) groups is 1. The first-order valence-electron chi connectivity index (χ1n) is 5.58. The van der Waals surface area contributed by atoms with Gasteiger partial charge in [0.15, 0.2) is 0 Å². The molecule has 1 aliphatic rings. The maximum Gasteiger partial charge on any atom is 0.259 e. The average Bonchev–Trinajstić information content (AvgIpc) is 2.82. The molecule has 4 nitrogen and oxygen atoms in total. The van der Waals surface area contributed by atoms with Gasteiger partial charge in [-0.15, -0.1) is 0 Å². The Bertz CT molecular complexity index is 572. The highest BCUT2D eigenvalue weighted by Crippen LogP contribution is 2.20. The minimum atomic E-state index is -2.68. The molecule has 1 aromatic rings. The van der Waals surface area contributed by atoms with E-state index in [-0.39, 0.29) is 11.8 Å². The molecule has 2 rings (SSSR count). The van der Waals surface area contributed by atoms with Gasteiger partial charge in [0, 0.05) is 22.2 Å². The third-order valence-electron chi connectivity index (χ3n) is 2.78. The zero-order valence-corrected chi connectivity index (χ0v) is 12.4. The zero-order valence-electron chi connectivity index (χ0n) is 9.97. The summed E-state index contributed by atoms with van der Waals surface area (Å²) in [7, 11) is -2.68. The number of halogens is 1. The van der Waals surface area contributed by atoms with Gasteiger partial charge in [0.2, 0.25) is 0 Å². The quantitative estimate of drug-likeness (QED) is 0.836. The molecule has 2 unspecified atom stereocenters. The molecule has 2 atom stereocenters. The van der Waals surface area contributed by atoms with Crippen molar-refractivity contribution in [3.8, 4) is 0 Å². The lowest BCUT2D eigenvalue weighted by atomic mass is 10.1. The third kappa shape index (κ3) is 3.18. The Morgan fingerprint density at radius 3 is 2.94 bits per heavy atom. The van der Waals surface area contributed by atoms with Gasteiger partial charge in [-0.3, -0.25) is 4.79 Å². The van der Waals surface area contributed by atoms with E-state index in [4.69, 9.17) is 4.74 Å². The fourth-order valence-electron chi connectivity index (χ4n) is 1.73. The smallest absolute Gasteiger partial charge is 0.259 e. The molecule has 1 aromatic carbocycles. The van der Waals surface area contributed by atoms with Gasteiger partial charge in [-0.2, -0.15) is 4.36 Å². The van der Waals surface area contributed by atoms with Gasteiger partial charge in [0.1, 0.15) is 0 Å². The molecule has 18 heavy (non-hydrogen) atoms. The molecule has 0 saturated carbocycles. The molecule has 0 bridgehead atoms. The SMILES string of the molecule is CS(=O)(=NC(=O)C1CCOC1)c1cccc(Br)c1. The van der Waals surface area contributed by atoms with E-state index >= 15 is 0 Å². The van der Waals surface area contributed by atoms with Gasteiger partial charge in [-0.25, -0.2) is 4.21 Å². The fraction of sp³-hybridized carbons (Fsp3) is 0.417. The molecule has 0 spiro atoms. The van der Waals surface area contributed by atoms with Crippen LogP contribution in [0.2, 0.25) is 0 Å². The van der Waals surface area contributed by atoms with Gasteiger partial charge in [0.05, 0.1) is 22.3 Å². The Morgan fingerprint density at radius 2 is 2.33 bits per heavy atom. The molecular formula is C12H14BrNO3S. The van der Waals surface area contributed by atoms with Crippen molar-refractivity contribution < 1.29 is 13.7 Å². The molecule has 0 aliphatic carbocycles.